The molecule has 0 aromatic heterocycles. The first kappa shape index (κ1) is 13.4. The minimum atomic E-state index is -3.65. The van der Waals surface area contributed by atoms with Crippen molar-refractivity contribution in [1.82, 2.24) is 10.0 Å². The monoisotopic (exact) mass is 266 g/mol. The molecule has 2 N–H and O–H groups in total. The van der Waals surface area contributed by atoms with E-state index in [1.807, 2.05) is 0 Å². The number of hydrogen-bond acceptors (Lipinski definition) is 3. The molecule has 0 aliphatic heterocycles. The van der Waals surface area contributed by atoms with Crippen molar-refractivity contribution in [2.75, 3.05) is 14.1 Å². The minimum absolute atomic E-state index is 0.0654. The van der Waals surface area contributed by atoms with Gasteiger partial charge in [0.25, 0.3) is 0 Å². The van der Waals surface area contributed by atoms with Crippen molar-refractivity contribution in [3.8, 4) is 0 Å². The molecule has 90 valence electrons. The Morgan fingerprint density at radius 3 is 2.50 bits per heavy atom. The molecule has 0 unspecified atom stereocenters. The molecule has 1 aromatic carbocycles. The van der Waals surface area contributed by atoms with Crippen LogP contribution in [0.25, 0.3) is 0 Å². The van der Waals surface area contributed by atoms with Gasteiger partial charge in [-0.05, 0) is 31.8 Å². The zero-order valence-electron chi connectivity index (χ0n) is 8.84. The zero-order chi connectivity index (χ0) is 12.3. The van der Waals surface area contributed by atoms with Crippen LogP contribution >= 0.6 is 11.6 Å². The third kappa shape index (κ3) is 2.70. The van der Waals surface area contributed by atoms with Crippen molar-refractivity contribution in [2.24, 2.45) is 0 Å². The number of rotatable bonds is 4. The van der Waals surface area contributed by atoms with Gasteiger partial charge < -0.3 is 5.32 Å². The smallest absolute Gasteiger partial charge is 0.240 e. The van der Waals surface area contributed by atoms with Gasteiger partial charge in [-0.3, -0.25) is 0 Å². The van der Waals surface area contributed by atoms with Gasteiger partial charge in [-0.25, -0.2) is 17.5 Å². The summed E-state index contributed by atoms with van der Waals surface area (Å²) in [6.07, 6.45) is 0. The highest BCUT2D eigenvalue weighted by molar-refractivity contribution is 7.89. The maximum absolute atomic E-state index is 13.4. The van der Waals surface area contributed by atoms with Crippen LogP contribution in [0.2, 0.25) is 5.02 Å². The first-order valence-electron chi connectivity index (χ1n) is 4.48. The molecule has 7 heteroatoms. The van der Waals surface area contributed by atoms with Crippen molar-refractivity contribution in [3.63, 3.8) is 0 Å². The molecule has 1 aromatic rings. The highest BCUT2D eigenvalue weighted by Gasteiger charge is 2.16. The first-order chi connectivity index (χ1) is 7.42. The van der Waals surface area contributed by atoms with Crippen LogP contribution < -0.4 is 10.0 Å². The van der Waals surface area contributed by atoms with Crippen LogP contribution in [0.1, 0.15) is 5.56 Å². The predicted octanol–water partition coefficient (Wildman–Crippen LogP) is 1.11. The van der Waals surface area contributed by atoms with Crippen molar-refractivity contribution < 1.29 is 12.8 Å². The zero-order valence-corrected chi connectivity index (χ0v) is 10.4. The Labute approximate surface area is 98.9 Å². The third-order valence-electron chi connectivity index (χ3n) is 2.02. The Morgan fingerprint density at radius 2 is 2.00 bits per heavy atom. The lowest BCUT2D eigenvalue weighted by Gasteiger charge is -2.08. The summed E-state index contributed by atoms with van der Waals surface area (Å²) in [5.74, 6) is -0.747. The summed E-state index contributed by atoms with van der Waals surface area (Å²) in [5, 5.41) is 2.72. The number of nitrogens with one attached hydrogen (secondary N) is 2. The predicted molar refractivity (Wildman–Crippen MR) is 60.4 cm³/mol. The molecule has 0 saturated heterocycles. The second-order valence-electron chi connectivity index (χ2n) is 3.12. The van der Waals surface area contributed by atoms with Crippen LogP contribution in [0.15, 0.2) is 17.0 Å². The van der Waals surface area contributed by atoms with Gasteiger partial charge in [0.05, 0.1) is 9.92 Å². The molecular weight excluding hydrogens is 255 g/mol. The average Bonchev–Trinajstić information content (AvgIpc) is 2.24. The summed E-state index contributed by atoms with van der Waals surface area (Å²) < 4.78 is 38.5. The number of halogens is 2. The van der Waals surface area contributed by atoms with Crippen LogP contribution in [0, 0.1) is 5.82 Å². The minimum Gasteiger partial charge on any atom is -0.316 e. The molecule has 0 radical (unpaired) electrons. The molecule has 0 saturated carbocycles. The highest BCUT2D eigenvalue weighted by Crippen LogP contribution is 2.24. The average molecular weight is 267 g/mol. The lowest BCUT2D eigenvalue weighted by Crippen LogP contribution is -2.19. The Hall–Kier alpha value is -0.690. The second kappa shape index (κ2) is 5.09. The van der Waals surface area contributed by atoms with Gasteiger partial charge in [0.15, 0.2) is 0 Å². The standard InChI is InChI=1S/C9H12ClFN2O2S/c1-12-5-6-3-7(16(14,15)13-2)4-8(11)9(6)10/h3-4,12-13H,5H2,1-2H3. The molecule has 0 heterocycles. The van der Waals surface area contributed by atoms with Gasteiger partial charge in [0.2, 0.25) is 10.0 Å². The SMILES string of the molecule is CNCc1cc(S(=O)(=O)NC)cc(F)c1Cl. The van der Waals surface area contributed by atoms with Gasteiger partial charge in [0.1, 0.15) is 5.82 Å². The van der Waals surface area contributed by atoms with Gasteiger partial charge in [-0.2, -0.15) is 0 Å². The molecule has 0 bridgehead atoms. The Kier molecular flexibility index (Phi) is 4.26. The van der Waals surface area contributed by atoms with Gasteiger partial charge in [-0.1, -0.05) is 11.6 Å². The summed E-state index contributed by atoms with van der Waals surface area (Å²) in [6, 6.07) is 2.24. The highest BCUT2D eigenvalue weighted by atomic mass is 35.5. The van der Waals surface area contributed by atoms with Gasteiger partial charge in [0, 0.05) is 6.54 Å². The van der Waals surface area contributed by atoms with E-state index < -0.39 is 15.8 Å². The topological polar surface area (TPSA) is 58.2 Å². The fourth-order valence-corrected chi connectivity index (χ4v) is 2.18. The summed E-state index contributed by atoms with van der Waals surface area (Å²) in [7, 11) is -0.731. The van der Waals surface area contributed by atoms with Crippen molar-refractivity contribution in [3.05, 3.63) is 28.5 Å². The Balaban J connectivity index is 3.35. The molecule has 0 aliphatic rings. The van der Waals surface area contributed by atoms with Crippen molar-refractivity contribution >= 4 is 21.6 Å². The summed E-state index contributed by atoms with van der Waals surface area (Å²) in [6.45, 7) is 0.294. The van der Waals surface area contributed by atoms with Crippen LogP contribution in [0.5, 0.6) is 0 Å². The van der Waals surface area contributed by atoms with E-state index in [-0.39, 0.29) is 9.92 Å². The molecular formula is C9H12ClFN2O2S. The van der Waals surface area contributed by atoms with Crippen LogP contribution in [0.4, 0.5) is 4.39 Å². The van der Waals surface area contributed by atoms with E-state index in [0.717, 1.165) is 6.07 Å². The van der Waals surface area contributed by atoms with E-state index in [9.17, 15) is 12.8 Å². The molecule has 0 atom stereocenters. The van der Waals surface area contributed by atoms with E-state index in [1.54, 1.807) is 7.05 Å². The summed E-state index contributed by atoms with van der Waals surface area (Å²) in [4.78, 5) is -0.137. The van der Waals surface area contributed by atoms with Gasteiger partial charge >= 0.3 is 0 Å². The van der Waals surface area contributed by atoms with Crippen LogP contribution in [0.3, 0.4) is 0 Å². The number of benzene rings is 1. The Morgan fingerprint density at radius 1 is 1.38 bits per heavy atom. The van der Waals surface area contributed by atoms with Crippen molar-refractivity contribution in [2.45, 2.75) is 11.4 Å². The fraction of sp³-hybridized carbons (Fsp3) is 0.333. The van der Waals surface area contributed by atoms with Crippen molar-refractivity contribution in [1.29, 1.82) is 0 Å². The molecule has 0 fully saturated rings. The second-order valence-corrected chi connectivity index (χ2v) is 5.38. The lowest BCUT2D eigenvalue weighted by molar-refractivity contribution is 0.582. The van der Waals surface area contributed by atoms with Crippen LogP contribution in [-0.2, 0) is 16.6 Å². The molecule has 16 heavy (non-hydrogen) atoms. The summed E-state index contributed by atoms with van der Waals surface area (Å²) in [5.41, 5.74) is 0.401. The number of sulfonamides is 1. The molecule has 0 aliphatic carbocycles. The first-order valence-corrected chi connectivity index (χ1v) is 6.34. The maximum atomic E-state index is 13.4. The van der Waals surface area contributed by atoms with E-state index in [4.69, 9.17) is 11.6 Å². The Bertz CT molecular complexity index is 491. The van der Waals surface area contributed by atoms with Gasteiger partial charge in [-0.15, -0.1) is 0 Å². The van der Waals surface area contributed by atoms with Crippen LogP contribution in [-0.4, -0.2) is 22.5 Å². The van der Waals surface area contributed by atoms with E-state index >= 15 is 0 Å². The molecule has 0 spiro atoms. The van der Waals surface area contributed by atoms with E-state index in [0.29, 0.717) is 12.1 Å². The van der Waals surface area contributed by atoms with E-state index in [2.05, 4.69) is 10.0 Å². The summed E-state index contributed by atoms with van der Waals surface area (Å²) >= 11 is 5.71. The fourth-order valence-electron chi connectivity index (χ4n) is 1.21. The molecule has 0 amide bonds. The third-order valence-corrected chi connectivity index (χ3v) is 3.84. The quantitative estimate of drug-likeness (QED) is 0.858. The molecule has 1 rings (SSSR count). The van der Waals surface area contributed by atoms with E-state index in [1.165, 1.54) is 13.1 Å². The molecule has 4 nitrogen and oxygen atoms in total. The maximum Gasteiger partial charge on any atom is 0.240 e. The normalized spacial score (nSPS) is 11.8. The number of hydrogen-bond donors (Lipinski definition) is 2. The largest absolute Gasteiger partial charge is 0.316 e. The lowest BCUT2D eigenvalue weighted by atomic mass is 10.2.